The van der Waals surface area contributed by atoms with Crippen molar-refractivity contribution < 1.29 is 22.7 Å². The van der Waals surface area contributed by atoms with E-state index in [1.807, 2.05) is 4.90 Å². The van der Waals surface area contributed by atoms with Crippen molar-refractivity contribution in [2.24, 2.45) is 5.73 Å². The third-order valence-electron chi connectivity index (χ3n) is 2.52. The zero-order valence-electron chi connectivity index (χ0n) is 10.8. The van der Waals surface area contributed by atoms with Crippen LogP contribution in [0.25, 0.3) is 0 Å². The molecule has 5 nitrogen and oxygen atoms in total. The lowest BCUT2D eigenvalue weighted by molar-refractivity contribution is -0.187. The van der Waals surface area contributed by atoms with Gasteiger partial charge in [-0.1, -0.05) is 0 Å². The number of nitrogens with zero attached hydrogens (tertiary/aromatic N) is 1. The van der Waals surface area contributed by atoms with Crippen molar-refractivity contribution in [1.29, 1.82) is 0 Å². The summed E-state index contributed by atoms with van der Waals surface area (Å²) in [4.78, 5) is 13.1. The van der Waals surface area contributed by atoms with E-state index < -0.39 is 17.6 Å². The fourth-order valence-electron chi connectivity index (χ4n) is 1.03. The molecule has 0 aromatic heterocycles. The molecule has 1 amide bonds. The number of methoxy groups -OCH3 is 1. The summed E-state index contributed by atoms with van der Waals surface area (Å²) < 4.78 is 42.1. The van der Waals surface area contributed by atoms with Gasteiger partial charge in [0.15, 0.2) is 5.54 Å². The summed E-state index contributed by atoms with van der Waals surface area (Å²) in [5.41, 5.74) is 2.10. The number of nitrogens with two attached hydrogens (primary N) is 1. The van der Waals surface area contributed by atoms with Crippen LogP contribution >= 0.6 is 0 Å². The second kappa shape index (κ2) is 6.91. The minimum absolute atomic E-state index is 0.0991. The van der Waals surface area contributed by atoms with Gasteiger partial charge >= 0.3 is 6.18 Å². The van der Waals surface area contributed by atoms with E-state index in [4.69, 9.17) is 10.5 Å². The lowest BCUT2D eigenvalue weighted by Crippen LogP contribution is -2.61. The Hall–Kier alpha value is -0.860. The van der Waals surface area contributed by atoms with Crippen LogP contribution in [-0.2, 0) is 9.53 Å². The maximum Gasteiger partial charge on any atom is 0.415 e. The van der Waals surface area contributed by atoms with E-state index in [-0.39, 0.29) is 6.54 Å². The van der Waals surface area contributed by atoms with Crippen LogP contribution in [0.1, 0.15) is 6.92 Å². The van der Waals surface area contributed by atoms with Crippen molar-refractivity contribution in [1.82, 2.24) is 10.2 Å². The van der Waals surface area contributed by atoms with Gasteiger partial charge in [0.1, 0.15) is 0 Å². The second-order valence-corrected chi connectivity index (χ2v) is 4.25. The fraction of sp³-hybridized carbons (Fsp3) is 0.900. The topological polar surface area (TPSA) is 67.6 Å². The molecule has 0 fully saturated rings. The van der Waals surface area contributed by atoms with E-state index in [9.17, 15) is 18.0 Å². The molecule has 0 radical (unpaired) electrons. The molecule has 18 heavy (non-hydrogen) atoms. The Morgan fingerprint density at radius 2 is 1.94 bits per heavy atom. The summed E-state index contributed by atoms with van der Waals surface area (Å²) in [6.45, 7) is 2.31. The number of hydrogen-bond donors (Lipinski definition) is 2. The van der Waals surface area contributed by atoms with Crippen LogP contribution in [0.3, 0.4) is 0 Å². The van der Waals surface area contributed by atoms with Crippen LogP contribution in [0.4, 0.5) is 13.2 Å². The minimum Gasteiger partial charge on any atom is -0.383 e. The second-order valence-electron chi connectivity index (χ2n) is 4.25. The van der Waals surface area contributed by atoms with Gasteiger partial charge in [-0.2, -0.15) is 13.2 Å². The Morgan fingerprint density at radius 1 is 1.39 bits per heavy atom. The molecule has 1 unspecified atom stereocenters. The monoisotopic (exact) mass is 271 g/mol. The molecule has 0 bridgehead atoms. The average molecular weight is 271 g/mol. The summed E-state index contributed by atoms with van der Waals surface area (Å²) in [5.74, 6) is -1.23. The molecule has 3 N–H and O–H groups in total. The predicted octanol–water partition coefficient (Wildman–Crippen LogP) is -0.0395. The Balaban J connectivity index is 4.05. The van der Waals surface area contributed by atoms with Crippen molar-refractivity contribution in [3.8, 4) is 0 Å². The highest BCUT2D eigenvalue weighted by atomic mass is 19.4. The van der Waals surface area contributed by atoms with Crippen LogP contribution in [0, 0.1) is 0 Å². The van der Waals surface area contributed by atoms with Crippen LogP contribution in [0.2, 0.25) is 0 Å². The van der Waals surface area contributed by atoms with E-state index in [2.05, 4.69) is 5.32 Å². The zero-order chi connectivity index (χ0) is 14.4. The summed E-state index contributed by atoms with van der Waals surface area (Å²) in [6, 6.07) is 0. The van der Waals surface area contributed by atoms with Crippen LogP contribution < -0.4 is 11.1 Å². The van der Waals surface area contributed by atoms with Gasteiger partial charge in [0, 0.05) is 26.7 Å². The Kier molecular flexibility index (Phi) is 6.58. The van der Waals surface area contributed by atoms with Crippen molar-refractivity contribution in [2.75, 3.05) is 40.4 Å². The average Bonchev–Trinajstić information content (AvgIpc) is 2.24. The molecule has 0 aliphatic carbocycles. The quantitative estimate of drug-likeness (QED) is 0.682. The van der Waals surface area contributed by atoms with Gasteiger partial charge in [-0.15, -0.1) is 0 Å². The van der Waals surface area contributed by atoms with Crippen molar-refractivity contribution >= 4 is 5.91 Å². The lowest BCUT2D eigenvalue weighted by atomic mass is 10.0. The number of carbonyl (C=O) groups is 1. The van der Waals surface area contributed by atoms with E-state index in [0.29, 0.717) is 26.6 Å². The third kappa shape index (κ3) is 5.19. The maximum absolute atomic E-state index is 12.4. The molecule has 0 heterocycles. The summed E-state index contributed by atoms with van der Waals surface area (Å²) in [6.07, 6.45) is -4.76. The zero-order valence-corrected chi connectivity index (χ0v) is 10.8. The Morgan fingerprint density at radius 3 is 2.39 bits per heavy atom. The number of alkyl halides is 3. The molecule has 0 spiro atoms. The summed E-state index contributed by atoms with van der Waals surface area (Å²) in [7, 11) is 3.33. The van der Waals surface area contributed by atoms with E-state index >= 15 is 0 Å². The highest BCUT2D eigenvalue weighted by molar-refractivity contribution is 5.86. The largest absolute Gasteiger partial charge is 0.415 e. The molecule has 0 saturated heterocycles. The van der Waals surface area contributed by atoms with Crippen molar-refractivity contribution in [3.63, 3.8) is 0 Å². The molecule has 0 aromatic carbocycles. The van der Waals surface area contributed by atoms with Gasteiger partial charge in [0.25, 0.3) is 0 Å². The van der Waals surface area contributed by atoms with Crippen LogP contribution in [0.5, 0.6) is 0 Å². The normalized spacial score (nSPS) is 15.6. The Bertz CT molecular complexity index is 270. The van der Waals surface area contributed by atoms with Crippen molar-refractivity contribution in [3.05, 3.63) is 0 Å². The fourth-order valence-corrected chi connectivity index (χ4v) is 1.03. The number of likely N-dealkylation sites (N-methyl/N-ethyl adjacent to an activating group) is 1. The van der Waals surface area contributed by atoms with Gasteiger partial charge in [-0.05, 0) is 14.0 Å². The molecule has 8 heteroatoms. The molecular formula is C10H20F3N3O2. The number of hydrogen-bond acceptors (Lipinski definition) is 4. The maximum atomic E-state index is 12.4. The predicted molar refractivity (Wildman–Crippen MR) is 61.0 cm³/mol. The number of amides is 1. The molecule has 108 valence electrons. The standard InChI is InChI=1S/C10H20F3N3O2/c1-9(14,10(11,12)13)8(17)15-4-5-16(2)6-7-18-3/h4-7,14H2,1-3H3,(H,15,17). The molecule has 0 rings (SSSR count). The Labute approximate surface area is 104 Å². The van der Waals surface area contributed by atoms with E-state index in [0.717, 1.165) is 0 Å². The van der Waals surface area contributed by atoms with Gasteiger partial charge in [-0.3, -0.25) is 4.79 Å². The molecule has 0 aromatic rings. The van der Waals surface area contributed by atoms with E-state index in [1.54, 1.807) is 14.2 Å². The smallest absolute Gasteiger partial charge is 0.383 e. The van der Waals surface area contributed by atoms with Gasteiger partial charge in [0.05, 0.1) is 6.61 Å². The first-order valence-corrected chi connectivity index (χ1v) is 5.44. The molecule has 0 saturated carbocycles. The first kappa shape index (κ1) is 17.1. The third-order valence-corrected chi connectivity index (χ3v) is 2.52. The van der Waals surface area contributed by atoms with E-state index in [1.165, 1.54) is 0 Å². The molecule has 0 aliphatic rings. The van der Waals surface area contributed by atoms with Crippen LogP contribution in [-0.4, -0.2) is 62.9 Å². The number of ether oxygens (including phenoxy) is 1. The number of carbonyl (C=O) groups excluding carboxylic acids is 1. The number of nitrogens with one attached hydrogen (secondary N) is 1. The van der Waals surface area contributed by atoms with Crippen LogP contribution in [0.15, 0.2) is 0 Å². The highest BCUT2D eigenvalue weighted by Crippen LogP contribution is 2.27. The highest BCUT2D eigenvalue weighted by Gasteiger charge is 2.53. The first-order valence-electron chi connectivity index (χ1n) is 5.44. The van der Waals surface area contributed by atoms with Gasteiger partial charge in [0.2, 0.25) is 5.91 Å². The SMILES string of the molecule is COCCN(C)CCNC(=O)C(C)(N)C(F)(F)F. The number of halogens is 3. The lowest BCUT2D eigenvalue weighted by Gasteiger charge is -2.26. The van der Waals surface area contributed by atoms with Gasteiger partial charge in [-0.25, -0.2) is 0 Å². The molecule has 0 aliphatic heterocycles. The minimum atomic E-state index is -4.76. The first-order chi connectivity index (χ1) is 8.13. The molecule has 1 atom stereocenters. The summed E-state index contributed by atoms with van der Waals surface area (Å²) in [5, 5.41) is 2.17. The number of rotatable bonds is 7. The summed E-state index contributed by atoms with van der Waals surface area (Å²) >= 11 is 0. The van der Waals surface area contributed by atoms with Crippen molar-refractivity contribution in [2.45, 2.75) is 18.6 Å². The molecular weight excluding hydrogens is 251 g/mol. The van der Waals surface area contributed by atoms with Gasteiger partial charge < -0.3 is 20.7 Å².